The second-order valence-corrected chi connectivity index (χ2v) is 23.7. The van der Waals surface area contributed by atoms with Gasteiger partial charge in [-0.3, -0.25) is 57.5 Å². The van der Waals surface area contributed by atoms with Crippen molar-refractivity contribution in [3.63, 3.8) is 0 Å². The van der Waals surface area contributed by atoms with Crippen LogP contribution in [0.1, 0.15) is 116 Å². The lowest BCUT2D eigenvalue weighted by molar-refractivity contribution is -0.143. The zero-order valence-electron chi connectivity index (χ0n) is 55.0. The number of aromatic amines is 1. The molecule has 24 N–H and O–H groups in total. The Morgan fingerprint density at radius 3 is 1.47 bits per heavy atom. The third-order valence-electron chi connectivity index (χ3n) is 16.5. The maximum Gasteiger partial charge on any atom is 0.328 e. The highest BCUT2D eigenvalue weighted by Crippen LogP contribution is 2.22. The van der Waals surface area contributed by atoms with E-state index in [1.807, 2.05) is 0 Å². The number of rotatable bonds is 45. The van der Waals surface area contributed by atoms with Gasteiger partial charge in [-0.2, -0.15) is 0 Å². The van der Waals surface area contributed by atoms with E-state index in [4.69, 9.17) is 17.2 Å². The van der Waals surface area contributed by atoms with Crippen molar-refractivity contribution < 1.29 is 98.1 Å². The molecule has 97 heavy (non-hydrogen) atoms. The molecule has 0 saturated carbocycles. The van der Waals surface area contributed by atoms with Crippen LogP contribution >= 0.6 is 0 Å². The number of aliphatic carboxylic acids is 2. The zero-order valence-corrected chi connectivity index (χ0v) is 55.0. The topological polar surface area (TPSA) is 594 Å². The van der Waals surface area contributed by atoms with Crippen LogP contribution in [0.15, 0.2) is 36.8 Å². The average molecular weight is 1380 g/mol. The summed E-state index contributed by atoms with van der Waals surface area (Å²) in [5.74, 6) is -15.0. The third kappa shape index (κ3) is 26.9. The number of carboxylic acid groups (broad SMARTS) is 2. The van der Waals surface area contributed by atoms with Crippen molar-refractivity contribution in [2.24, 2.45) is 29.0 Å². The fraction of sp³-hybridized carbons (Fsp3) is 0.639. The second-order valence-electron chi connectivity index (χ2n) is 23.7. The number of phenols is 1. The van der Waals surface area contributed by atoms with Crippen LogP contribution in [0.2, 0.25) is 0 Å². The number of hydrogen-bond donors (Lipinski definition) is 21. The van der Waals surface area contributed by atoms with Crippen LogP contribution in [0.3, 0.4) is 0 Å². The van der Waals surface area contributed by atoms with Crippen LogP contribution in [0.5, 0.6) is 5.75 Å². The number of carbonyl (C=O) groups is 13. The average Bonchev–Trinajstić information content (AvgIpc) is 1.77. The van der Waals surface area contributed by atoms with Gasteiger partial charge in [-0.25, -0.2) is 9.78 Å². The number of imidazole rings is 1. The standard InChI is InChI=1S/C61H98N16O20/c1-5-32(3)48(64)58(93)74-43(28-79)55(90)72-44(29-80)56(91)76-49(33(4)6-2)59(94)69-38(13-8-10-22-63)50(85)68-39(19-20-47(83)84)52(87)67-37(12-7-9-21-62)51(86)71-41(24-34-15-17-36(82)18-16-34)60(95)77-23-11-14-46(77)57(92)73-42(27-78)54(89)70-40(25-35-26-65-31-66-35)53(88)75-45(30-81)61(96)97/h15-18,26,31-33,37-46,48-49,78-82H,5-14,19-25,27-30,62-64H2,1-4H3,(H,65,66)(H,67,87)(H,68,85)(H,69,94)(H,70,89)(H,71,86)(H,72,90)(H,73,92)(H,74,93)(H,75,88)(H,76,91)(H,83,84)(H,96,97)/t32-,33-,37-,38-,39-,40-,41-,42-,43-,44-,45-,46-,48-,49-/m0/s1. The number of nitrogens with zero attached hydrogens (tertiary/aromatic N) is 2. The van der Waals surface area contributed by atoms with Crippen molar-refractivity contribution in [3.8, 4) is 5.75 Å². The number of phenolic OH excluding ortho intramolecular Hbond substituents is 1. The van der Waals surface area contributed by atoms with Crippen molar-refractivity contribution in [1.29, 1.82) is 0 Å². The molecule has 542 valence electrons. The van der Waals surface area contributed by atoms with Crippen LogP contribution in [-0.4, -0.2) is 246 Å². The van der Waals surface area contributed by atoms with E-state index in [9.17, 15) is 98.1 Å². The lowest BCUT2D eigenvalue weighted by atomic mass is 9.97. The fourth-order valence-corrected chi connectivity index (χ4v) is 10.1. The van der Waals surface area contributed by atoms with Crippen LogP contribution in [0.25, 0.3) is 0 Å². The van der Waals surface area contributed by atoms with Gasteiger partial charge < -0.3 is 116 Å². The summed E-state index contributed by atoms with van der Waals surface area (Å²) in [6.45, 7) is 2.99. The van der Waals surface area contributed by atoms with E-state index >= 15 is 0 Å². The van der Waals surface area contributed by atoms with Gasteiger partial charge in [0.25, 0.3) is 0 Å². The molecule has 2 heterocycles. The molecule has 1 aliphatic rings. The molecule has 1 fully saturated rings. The van der Waals surface area contributed by atoms with Crippen molar-refractivity contribution in [2.45, 2.75) is 190 Å². The lowest BCUT2D eigenvalue weighted by Crippen LogP contribution is -2.62. The van der Waals surface area contributed by atoms with E-state index in [1.54, 1.807) is 27.7 Å². The summed E-state index contributed by atoms with van der Waals surface area (Å²) in [5.41, 5.74) is 18.2. The summed E-state index contributed by atoms with van der Waals surface area (Å²) in [5, 5.41) is 93.6. The van der Waals surface area contributed by atoms with Crippen LogP contribution in [-0.2, 0) is 75.2 Å². The summed E-state index contributed by atoms with van der Waals surface area (Å²) in [7, 11) is 0. The minimum Gasteiger partial charge on any atom is -0.508 e. The monoisotopic (exact) mass is 1370 g/mol. The van der Waals surface area contributed by atoms with E-state index in [2.05, 4.69) is 63.1 Å². The first-order chi connectivity index (χ1) is 46.1. The van der Waals surface area contributed by atoms with Gasteiger partial charge in [-0.05, 0) is 100 Å². The molecule has 36 heteroatoms. The minimum absolute atomic E-state index is 0.00610. The molecule has 0 spiro atoms. The zero-order chi connectivity index (χ0) is 72.5. The molecule has 0 unspecified atom stereocenters. The number of unbranched alkanes of at least 4 members (excludes halogenated alkanes) is 2. The predicted octanol–water partition coefficient (Wildman–Crippen LogP) is -6.66. The predicted molar refractivity (Wildman–Crippen MR) is 344 cm³/mol. The first-order valence-electron chi connectivity index (χ1n) is 32.2. The quantitative estimate of drug-likeness (QED) is 0.0274. The molecule has 0 aliphatic carbocycles. The highest BCUT2D eigenvalue weighted by molar-refractivity contribution is 6.00. The SMILES string of the molecule is CC[C@H](C)[C@H](N)C(=O)N[C@@H](CO)C(=O)N[C@@H](CO)C(=O)N[C@H](C(=O)N[C@@H](CCCCN)C(=O)N[C@@H](CCC(=O)O)C(=O)N[C@@H](CCCCN)C(=O)N[C@@H](Cc1ccc(O)cc1)C(=O)N1CCC[C@H]1C(=O)N[C@@H](CO)C(=O)N[C@@H](Cc1cnc[nH]1)C(=O)N[C@@H](CO)C(=O)O)[C@@H](C)CC. The molecule has 0 radical (unpaired) electrons. The summed E-state index contributed by atoms with van der Waals surface area (Å²) in [6, 6.07) is -13.0. The van der Waals surface area contributed by atoms with Gasteiger partial charge >= 0.3 is 11.9 Å². The van der Waals surface area contributed by atoms with Gasteiger partial charge in [0.1, 0.15) is 72.2 Å². The summed E-state index contributed by atoms with van der Waals surface area (Å²) in [4.78, 5) is 185. The Kier molecular flexibility index (Phi) is 36.1. The molecule has 14 atom stereocenters. The van der Waals surface area contributed by atoms with E-state index in [0.717, 1.165) is 4.90 Å². The molecular formula is C61H98N16O20. The molecule has 1 aromatic heterocycles. The number of nitrogens with one attached hydrogen (secondary N) is 11. The minimum atomic E-state index is -1.76. The smallest absolute Gasteiger partial charge is 0.328 e. The molecule has 1 saturated heterocycles. The molecule has 1 aromatic carbocycles. The Balaban J connectivity index is 1.94. The number of aromatic nitrogens is 2. The summed E-state index contributed by atoms with van der Waals surface area (Å²) < 4.78 is 0. The molecule has 2 aromatic rings. The fourth-order valence-electron chi connectivity index (χ4n) is 10.1. The number of nitrogens with two attached hydrogens (primary N) is 3. The molecule has 36 nitrogen and oxygen atoms in total. The summed E-state index contributed by atoms with van der Waals surface area (Å²) >= 11 is 0. The number of hydrogen-bond acceptors (Lipinski definition) is 22. The Morgan fingerprint density at radius 2 is 0.990 bits per heavy atom. The van der Waals surface area contributed by atoms with Gasteiger partial charge in [0.15, 0.2) is 0 Å². The van der Waals surface area contributed by atoms with Gasteiger partial charge in [-0.1, -0.05) is 52.7 Å². The molecule has 11 amide bonds. The maximum absolute atomic E-state index is 14.9. The van der Waals surface area contributed by atoms with Gasteiger partial charge in [0.05, 0.1) is 38.8 Å². The Morgan fingerprint density at radius 1 is 0.546 bits per heavy atom. The number of benzene rings is 1. The summed E-state index contributed by atoms with van der Waals surface area (Å²) in [6.07, 6.45) is 2.50. The van der Waals surface area contributed by atoms with Crippen molar-refractivity contribution >= 4 is 76.9 Å². The number of amides is 11. The second kappa shape index (κ2) is 42.6. The molecule has 3 rings (SSSR count). The third-order valence-corrected chi connectivity index (χ3v) is 16.5. The van der Waals surface area contributed by atoms with Crippen LogP contribution in [0, 0.1) is 11.8 Å². The van der Waals surface area contributed by atoms with E-state index in [1.165, 1.54) is 36.8 Å². The largest absolute Gasteiger partial charge is 0.508 e. The van der Waals surface area contributed by atoms with Gasteiger partial charge in [0, 0.05) is 37.7 Å². The first-order valence-corrected chi connectivity index (χ1v) is 32.2. The number of likely N-dealkylation sites (tertiary alicyclic amines) is 1. The van der Waals surface area contributed by atoms with Crippen molar-refractivity contribution in [2.75, 3.05) is 46.1 Å². The van der Waals surface area contributed by atoms with Gasteiger partial charge in [-0.15, -0.1) is 0 Å². The van der Waals surface area contributed by atoms with Crippen molar-refractivity contribution in [3.05, 3.63) is 48.0 Å². The van der Waals surface area contributed by atoms with Crippen LogP contribution < -0.4 is 70.4 Å². The number of carbonyl (C=O) groups excluding carboxylic acids is 11. The highest BCUT2D eigenvalue weighted by atomic mass is 16.4. The van der Waals surface area contributed by atoms with Gasteiger partial charge in [0.2, 0.25) is 65.0 Å². The van der Waals surface area contributed by atoms with E-state index in [0.29, 0.717) is 30.5 Å². The van der Waals surface area contributed by atoms with E-state index in [-0.39, 0.29) is 89.1 Å². The Hall–Kier alpha value is -8.94. The lowest BCUT2D eigenvalue weighted by Gasteiger charge is -2.31. The Labute approximate surface area is 560 Å². The molecule has 1 aliphatic heterocycles. The van der Waals surface area contributed by atoms with Crippen molar-refractivity contribution in [1.82, 2.24) is 68.0 Å². The highest BCUT2D eigenvalue weighted by Gasteiger charge is 2.41. The maximum atomic E-state index is 14.9. The van der Waals surface area contributed by atoms with E-state index < -0.39 is 195 Å². The first kappa shape index (κ1) is 82.3. The normalized spacial score (nSPS) is 16.8. The number of aromatic hydroxyl groups is 1. The number of aliphatic hydroxyl groups excluding tert-OH is 4. The van der Waals surface area contributed by atoms with Crippen LogP contribution in [0.4, 0.5) is 0 Å². The Bertz CT molecular complexity index is 2930. The molecular weight excluding hydrogens is 1280 g/mol. The molecule has 0 bridgehead atoms. The number of carboxylic acids is 2. The number of aliphatic hydroxyl groups is 4. The number of H-pyrrole nitrogens is 1.